The summed E-state index contributed by atoms with van der Waals surface area (Å²) in [7, 11) is 0. The zero-order chi connectivity index (χ0) is 15.1. The molecular weight excluding hydrogens is 266 g/mol. The molecule has 1 atom stereocenters. The first-order valence-corrected chi connectivity index (χ1v) is 6.63. The summed E-state index contributed by atoms with van der Waals surface area (Å²) in [5, 5.41) is 11.9. The van der Waals surface area contributed by atoms with Crippen LogP contribution in [0.3, 0.4) is 0 Å². The molecule has 0 aliphatic rings. The smallest absolute Gasteiger partial charge is 0.325 e. The fourth-order valence-electron chi connectivity index (χ4n) is 1.97. The Bertz CT molecular complexity index is 451. The molecule has 1 unspecified atom stereocenters. The molecular formula is C14H20F2N2O2. The second kappa shape index (κ2) is 7.91. The first-order chi connectivity index (χ1) is 9.49. The first kappa shape index (κ1) is 16.5. The zero-order valence-electron chi connectivity index (χ0n) is 11.7. The Balaban J connectivity index is 2.75. The highest BCUT2D eigenvalue weighted by Gasteiger charge is 2.23. The summed E-state index contributed by atoms with van der Waals surface area (Å²) in [6.45, 7) is 6.74. The molecule has 1 rings (SSSR count). The SMILES string of the molecule is CCN(CC)CCNC(C(=O)O)c1cc(F)ccc1F. The van der Waals surface area contributed by atoms with Crippen molar-refractivity contribution >= 4 is 5.97 Å². The van der Waals surface area contributed by atoms with Crippen LogP contribution in [0.15, 0.2) is 18.2 Å². The van der Waals surface area contributed by atoms with Crippen LogP contribution in [-0.2, 0) is 4.79 Å². The number of carbonyl (C=O) groups is 1. The van der Waals surface area contributed by atoms with Gasteiger partial charge in [0.2, 0.25) is 0 Å². The van der Waals surface area contributed by atoms with Gasteiger partial charge in [0.15, 0.2) is 0 Å². The van der Waals surface area contributed by atoms with Gasteiger partial charge in [-0.25, -0.2) is 8.78 Å². The Hall–Kier alpha value is -1.53. The molecule has 6 heteroatoms. The molecule has 0 aromatic heterocycles. The number of likely N-dealkylation sites (N-methyl/N-ethyl adjacent to an activating group) is 1. The largest absolute Gasteiger partial charge is 0.480 e. The Labute approximate surface area is 117 Å². The van der Waals surface area contributed by atoms with Crippen LogP contribution in [0.4, 0.5) is 8.78 Å². The normalized spacial score (nSPS) is 12.7. The maximum absolute atomic E-state index is 13.6. The number of halogens is 2. The van der Waals surface area contributed by atoms with Gasteiger partial charge in [-0.15, -0.1) is 0 Å². The highest BCUT2D eigenvalue weighted by molar-refractivity contribution is 5.75. The summed E-state index contributed by atoms with van der Waals surface area (Å²) < 4.78 is 26.8. The number of nitrogens with zero attached hydrogens (tertiary/aromatic N) is 1. The Kier molecular flexibility index (Phi) is 6.54. The van der Waals surface area contributed by atoms with E-state index < -0.39 is 23.6 Å². The van der Waals surface area contributed by atoms with Crippen LogP contribution in [0.5, 0.6) is 0 Å². The minimum absolute atomic E-state index is 0.183. The van der Waals surface area contributed by atoms with E-state index in [4.69, 9.17) is 5.11 Å². The molecule has 1 aromatic carbocycles. The van der Waals surface area contributed by atoms with Crippen molar-refractivity contribution in [2.24, 2.45) is 0 Å². The highest BCUT2D eigenvalue weighted by Crippen LogP contribution is 2.18. The summed E-state index contributed by atoms with van der Waals surface area (Å²) >= 11 is 0. The lowest BCUT2D eigenvalue weighted by atomic mass is 10.1. The fourth-order valence-corrected chi connectivity index (χ4v) is 1.97. The summed E-state index contributed by atoms with van der Waals surface area (Å²) in [6, 6.07) is 1.57. The number of nitrogens with one attached hydrogen (secondary N) is 1. The lowest BCUT2D eigenvalue weighted by Crippen LogP contribution is -2.36. The van der Waals surface area contributed by atoms with Crippen LogP contribution in [0, 0.1) is 11.6 Å². The van der Waals surface area contributed by atoms with E-state index in [1.54, 1.807) is 0 Å². The van der Waals surface area contributed by atoms with E-state index in [9.17, 15) is 13.6 Å². The van der Waals surface area contributed by atoms with Gasteiger partial charge in [0, 0.05) is 18.7 Å². The third-order valence-corrected chi connectivity index (χ3v) is 3.19. The van der Waals surface area contributed by atoms with Crippen LogP contribution in [0.25, 0.3) is 0 Å². The molecule has 0 bridgehead atoms. The highest BCUT2D eigenvalue weighted by atomic mass is 19.1. The van der Waals surface area contributed by atoms with Crippen molar-refractivity contribution in [3.8, 4) is 0 Å². The molecule has 0 radical (unpaired) electrons. The molecule has 0 saturated heterocycles. The van der Waals surface area contributed by atoms with Gasteiger partial charge in [-0.3, -0.25) is 10.1 Å². The van der Waals surface area contributed by atoms with Crippen LogP contribution in [0.1, 0.15) is 25.5 Å². The van der Waals surface area contributed by atoms with Crippen molar-refractivity contribution < 1.29 is 18.7 Å². The molecule has 20 heavy (non-hydrogen) atoms. The van der Waals surface area contributed by atoms with E-state index >= 15 is 0 Å². The monoisotopic (exact) mass is 286 g/mol. The molecule has 0 aliphatic carbocycles. The summed E-state index contributed by atoms with van der Waals surface area (Å²) in [4.78, 5) is 13.3. The molecule has 0 fully saturated rings. The van der Waals surface area contributed by atoms with Gasteiger partial charge in [0.25, 0.3) is 0 Å². The first-order valence-electron chi connectivity index (χ1n) is 6.63. The lowest BCUT2D eigenvalue weighted by Gasteiger charge is -2.21. The Morgan fingerprint density at radius 3 is 2.55 bits per heavy atom. The van der Waals surface area contributed by atoms with E-state index in [1.807, 2.05) is 13.8 Å². The van der Waals surface area contributed by atoms with Crippen molar-refractivity contribution in [2.45, 2.75) is 19.9 Å². The molecule has 4 nitrogen and oxygen atoms in total. The maximum atomic E-state index is 13.6. The predicted octanol–water partition coefficient (Wildman–Crippen LogP) is 2.02. The molecule has 2 N–H and O–H groups in total. The number of hydrogen-bond acceptors (Lipinski definition) is 3. The van der Waals surface area contributed by atoms with Crippen molar-refractivity contribution in [3.05, 3.63) is 35.4 Å². The zero-order valence-corrected chi connectivity index (χ0v) is 11.7. The molecule has 0 aliphatic heterocycles. The number of aliphatic carboxylic acids is 1. The molecule has 0 heterocycles. The summed E-state index contributed by atoms with van der Waals surface area (Å²) in [5.74, 6) is -2.61. The summed E-state index contributed by atoms with van der Waals surface area (Å²) in [6.07, 6.45) is 0. The van der Waals surface area contributed by atoms with E-state index in [2.05, 4.69) is 10.2 Å². The number of carboxylic acid groups (broad SMARTS) is 1. The fraction of sp³-hybridized carbons (Fsp3) is 0.500. The van der Waals surface area contributed by atoms with Gasteiger partial charge in [-0.2, -0.15) is 0 Å². The van der Waals surface area contributed by atoms with Crippen LogP contribution < -0.4 is 5.32 Å². The van der Waals surface area contributed by atoms with Crippen molar-refractivity contribution in [2.75, 3.05) is 26.2 Å². The van der Waals surface area contributed by atoms with E-state index in [0.29, 0.717) is 13.1 Å². The Morgan fingerprint density at radius 2 is 2.00 bits per heavy atom. The second-order valence-electron chi connectivity index (χ2n) is 4.42. The van der Waals surface area contributed by atoms with Gasteiger partial charge in [-0.05, 0) is 31.3 Å². The lowest BCUT2D eigenvalue weighted by molar-refractivity contribution is -0.139. The number of carboxylic acids is 1. The van der Waals surface area contributed by atoms with Gasteiger partial charge in [-0.1, -0.05) is 13.8 Å². The van der Waals surface area contributed by atoms with Crippen LogP contribution in [0.2, 0.25) is 0 Å². The predicted molar refractivity (Wildman–Crippen MR) is 72.5 cm³/mol. The van der Waals surface area contributed by atoms with Gasteiger partial charge in [0.05, 0.1) is 0 Å². The molecule has 0 saturated carbocycles. The van der Waals surface area contributed by atoms with E-state index in [0.717, 1.165) is 31.3 Å². The topological polar surface area (TPSA) is 52.6 Å². The van der Waals surface area contributed by atoms with Crippen molar-refractivity contribution in [1.82, 2.24) is 10.2 Å². The molecule has 0 amide bonds. The van der Waals surface area contributed by atoms with Crippen LogP contribution >= 0.6 is 0 Å². The minimum atomic E-state index is -1.25. The van der Waals surface area contributed by atoms with E-state index in [-0.39, 0.29) is 5.56 Å². The average Bonchev–Trinajstić information content (AvgIpc) is 2.42. The number of rotatable bonds is 8. The third-order valence-electron chi connectivity index (χ3n) is 3.19. The molecule has 1 aromatic rings. The van der Waals surface area contributed by atoms with Crippen molar-refractivity contribution in [3.63, 3.8) is 0 Å². The summed E-state index contributed by atoms with van der Waals surface area (Å²) in [5.41, 5.74) is -0.183. The number of benzene rings is 1. The van der Waals surface area contributed by atoms with Crippen molar-refractivity contribution in [1.29, 1.82) is 0 Å². The van der Waals surface area contributed by atoms with Gasteiger partial charge >= 0.3 is 5.97 Å². The standard InChI is InChI=1S/C14H20F2N2O2/c1-3-18(4-2)8-7-17-13(14(19)20)11-9-10(15)5-6-12(11)16/h5-6,9,13,17H,3-4,7-8H2,1-2H3,(H,19,20). The van der Waals surface area contributed by atoms with Gasteiger partial charge < -0.3 is 10.0 Å². The van der Waals surface area contributed by atoms with E-state index in [1.165, 1.54) is 0 Å². The second-order valence-corrected chi connectivity index (χ2v) is 4.42. The quantitative estimate of drug-likeness (QED) is 0.767. The molecule has 112 valence electrons. The Morgan fingerprint density at radius 1 is 1.35 bits per heavy atom. The maximum Gasteiger partial charge on any atom is 0.325 e. The van der Waals surface area contributed by atoms with Crippen LogP contribution in [-0.4, -0.2) is 42.2 Å². The third kappa shape index (κ3) is 4.54. The van der Waals surface area contributed by atoms with Gasteiger partial charge in [0.1, 0.15) is 17.7 Å². The molecule has 0 spiro atoms. The number of hydrogen-bond donors (Lipinski definition) is 2. The average molecular weight is 286 g/mol. The minimum Gasteiger partial charge on any atom is -0.480 e.